The van der Waals surface area contributed by atoms with Gasteiger partial charge in [0.2, 0.25) is 5.89 Å². The highest BCUT2D eigenvalue weighted by Gasteiger charge is 2.12. The Kier molecular flexibility index (Phi) is 4.47. The van der Waals surface area contributed by atoms with Crippen LogP contribution in [-0.2, 0) is 0 Å². The van der Waals surface area contributed by atoms with Gasteiger partial charge in [0.05, 0.1) is 0 Å². The second-order valence-corrected chi connectivity index (χ2v) is 7.36. The molecule has 4 nitrogen and oxygen atoms in total. The van der Waals surface area contributed by atoms with Crippen molar-refractivity contribution in [3.63, 3.8) is 0 Å². The van der Waals surface area contributed by atoms with Gasteiger partial charge in [-0.25, -0.2) is 4.98 Å². The number of aryl methyl sites for hydroxylation is 4. The molecule has 1 heterocycles. The zero-order valence-corrected chi connectivity index (χ0v) is 16.5. The number of nitrogens with one attached hydrogen (secondary N) is 1. The average Bonchev–Trinajstić information content (AvgIpc) is 3.05. The summed E-state index contributed by atoms with van der Waals surface area (Å²) in [6.45, 7) is 8.04. The topological polar surface area (TPSA) is 55.1 Å². The number of hydrogen-bond donors (Lipinski definition) is 1. The number of oxazole rings is 1. The number of nitrogens with zero attached hydrogens (tertiary/aromatic N) is 1. The lowest BCUT2D eigenvalue weighted by molar-refractivity contribution is 0.102. The lowest BCUT2D eigenvalue weighted by Crippen LogP contribution is -2.12. The van der Waals surface area contributed by atoms with Gasteiger partial charge in [0.1, 0.15) is 5.52 Å². The maximum Gasteiger partial charge on any atom is 0.255 e. The number of anilines is 1. The summed E-state index contributed by atoms with van der Waals surface area (Å²) in [5.41, 5.74) is 8.17. The van der Waals surface area contributed by atoms with Crippen molar-refractivity contribution in [2.45, 2.75) is 27.7 Å². The van der Waals surface area contributed by atoms with E-state index in [0.29, 0.717) is 17.1 Å². The molecule has 0 aliphatic carbocycles. The Morgan fingerprint density at radius 1 is 0.893 bits per heavy atom. The quantitative estimate of drug-likeness (QED) is 0.482. The minimum atomic E-state index is -0.131. The van der Waals surface area contributed by atoms with Crippen LogP contribution in [0.15, 0.2) is 59.0 Å². The molecule has 1 aromatic heterocycles. The molecule has 3 aromatic carbocycles. The van der Waals surface area contributed by atoms with Crippen molar-refractivity contribution in [1.29, 1.82) is 0 Å². The maximum atomic E-state index is 12.6. The second-order valence-electron chi connectivity index (χ2n) is 7.36. The minimum absolute atomic E-state index is 0.131. The van der Waals surface area contributed by atoms with E-state index in [2.05, 4.69) is 16.4 Å². The average molecular weight is 370 g/mol. The van der Waals surface area contributed by atoms with Gasteiger partial charge in [-0.2, -0.15) is 0 Å². The molecule has 1 N–H and O–H groups in total. The van der Waals surface area contributed by atoms with Crippen LogP contribution in [-0.4, -0.2) is 10.9 Å². The molecule has 0 radical (unpaired) electrons. The Hall–Kier alpha value is -3.40. The molecule has 0 spiro atoms. The molecular weight excluding hydrogens is 348 g/mol. The van der Waals surface area contributed by atoms with E-state index in [-0.39, 0.29) is 5.91 Å². The van der Waals surface area contributed by atoms with E-state index >= 15 is 0 Å². The van der Waals surface area contributed by atoms with Gasteiger partial charge in [0.15, 0.2) is 5.58 Å². The molecule has 140 valence electrons. The van der Waals surface area contributed by atoms with Crippen molar-refractivity contribution in [2.24, 2.45) is 0 Å². The monoisotopic (exact) mass is 370 g/mol. The molecule has 0 saturated carbocycles. The highest BCUT2D eigenvalue weighted by Crippen LogP contribution is 2.29. The maximum absolute atomic E-state index is 12.6. The Bertz CT molecular complexity index is 1180. The van der Waals surface area contributed by atoms with Gasteiger partial charge in [0, 0.05) is 16.8 Å². The van der Waals surface area contributed by atoms with Crippen molar-refractivity contribution in [2.75, 3.05) is 5.32 Å². The molecule has 4 rings (SSSR count). The Labute approximate surface area is 164 Å². The molecule has 0 aliphatic rings. The third-order valence-electron chi connectivity index (χ3n) is 4.67. The standard InChI is InChI=1S/C24H22N2O2/c1-14-8-15(2)11-19(10-14)23(27)25-20-7-5-6-18(13-20)24-26-21-12-16(3)9-17(4)22(21)28-24/h5-13H,1-4H3,(H,25,27). The van der Waals surface area contributed by atoms with E-state index in [1.54, 1.807) is 0 Å². The molecule has 0 aliphatic heterocycles. The number of amides is 1. The van der Waals surface area contributed by atoms with Crippen molar-refractivity contribution in [3.05, 3.63) is 82.4 Å². The van der Waals surface area contributed by atoms with Crippen molar-refractivity contribution in [1.82, 2.24) is 4.98 Å². The number of fused-ring (bicyclic) bond motifs is 1. The van der Waals surface area contributed by atoms with E-state index in [0.717, 1.165) is 38.9 Å². The van der Waals surface area contributed by atoms with Gasteiger partial charge < -0.3 is 9.73 Å². The number of benzene rings is 3. The fraction of sp³-hybridized carbons (Fsp3) is 0.167. The number of hydrogen-bond acceptors (Lipinski definition) is 3. The predicted molar refractivity (Wildman–Crippen MR) is 113 cm³/mol. The van der Waals surface area contributed by atoms with Gasteiger partial charge in [-0.3, -0.25) is 4.79 Å². The minimum Gasteiger partial charge on any atom is -0.436 e. The summed E-state index contributed by atoms with van der Waals surface area (Å²) in [5, 5.41) is 2.97. The zero-order valence-electron chi connectivity index (χ0n) is 16.5. The molecule has 0 fully saturated rings. The van der Waals surface area contributed by atoms with E-state index in [4.69, 9.17) is 4.42 Å². The summed E-state index contributed by atoms with van der Waals surface area (Å²) in [6.07, 6.45) is 0. The summed E-state index contributed by atoms with van der Waals surface area (Å²) in [7, 11) is 0. The molecule has 0 bridgehead atoms. The van der Waals surface area contributed by atoms with Crippen LogP contribution < -0.4 is 5.32 Å². The van der Waals surface area contributed by atoms with E-state index in [1.165, 1.54) is 0 Å². The van der Waals surface area contributed by atoms with Crippen LogP contribution in [0.1, 0.15) is 32.6 Å². The van der Waals surface area contributed by atoms with Crippen molar-refractivity contribution in [3.8, 4) is 11.5 Å². The Morgan fingerprint density at radius 3 is 2.36 bits per heavy atom. The largest absolute Gasteiger partial charge is 0.436 e. The lowest BCUT2D eigenvalue weighted by Gasteiger charge is -2.08. The third kappa shape index (κ3) is 3.54. The fourth-order valence-corrected chi connectivity index (χ4v) is 3.54. The Balaban J connectivity index is 1.64. The number of carbonyl (C=O) groups is 1. The van der Waals surface area contributed by atoms with Crippen molar-refractivity contribution >= 4 is 22.7 Å². The van der Waals surface area contributed by atoms with Gasteiger partial charge >= 0.3 is 0 Å². The molecule has 4 heteroatoms. The van der Waals surface area contributed by atoms with Gasteiger partial charge in [0.25, 0.3) is 5.91 Å². The highest BCUT2D eigenvalue weighted by molar-refractivity contribution is 6.04. The first-order valence-corrected chi connectivity index (χ1v) is 9.27. The lowest BCUT2D eigenvalue weighted by atomic mass is 10.1. The zero-order chi connectivity index (χ0) is 19.8. The smallest absolute Gasteiger partial charge is 0.255 e. The summed E-state index contributed by atoms with van der Waals surface area (Å²) in [6, 6.07) is 17.5. The molecule has 4 aromatic rings. The molecule has 1 amide bonds. The van der Waals surface area contributed by atoms with Crippen LogP contribution in [0, 0.1) is 27.7 Å². The molecule has 0 saturated heterocycles. The van der Waals surface area contributed by atoms with Gasteiger partial charge in [-0.05, 0) is 75.2 Å². The first kappa shape index (κ1) is 18.0. The first-order valence-electron chi connectivity index (χ1n) is 9.27. The molecular formula is C24H22N2O2. The number of aromatic nitrogens is 1. The first-order chi connectivity index (χ1) is 13.4. The molecule has 28 heavy (non-hydrogen) atoms. The van der Waals surface area contributed by atoms with Crippen LogP contribution in [0.4, 0.5) is 5.69 Å². The molecule has 0 atom stereocenters. The van der Waals surface area contributed by atoms with Crippen LogP contribution in [0.25, 0.3) is 22.6 Å². The number of rotatable bonds is 3. The summed E-state index contributed by atoms with van der Waals surface area (Å²) >= 11 is 0. The predicted octanol–water partition coefficient (Wildman–Crippen LogP) is 5.98. The second kappa shape index (κ2) is 6.97. The molecule has 0 unspecified atom stereocenters. The van der Waals surface area contributed by atoms with Crippen LogP contribution in [0.5, 0.6) is 0 Å². The van der Waals surface area contributed by atoms with Crippen LogP contribution in [0.2, 0.25) is 0 Å². The van der Waals surface area contributed by atoms with Gasteiger partial charge in [-0.15, -0.1) is 0 Å². The summed E-state index contributed by atoms with van der Waals surface area (Å²) in [4.78, 5) is 17.3. The summed E-state index contributed by atoms with van der Waals surface area (Å²) < 4.78 is 5.99. The fourth-order valence-electron chi connectivity index (χ4n) is 3.54. The van der Waals surface area contributed by atoms with Crippen LogP contribution in [0.3, 0.4) is 0 Å². The Morgan fingerprint density at radius 2 is 1.61 bits per heavy atom. The SMILES string of the molecule is Cc1cc(C)cc(C(=O)Nc2cccc(-c3nc4cc(C)cc(C)c4o3)c2)c1. The third-order valence-corrected chi connectivity index (χ3v) is 4.67. The van der Waals surface area contributed by atoms with E-state index < -0.39 is 0 Å². The number of carbonyl (C=O) groups excluding carboxylic acids is 1. The van der Waals surface area contributed by atoms with Crippen LogP contribution >= 0.6 is 0 Å². The normalized spacial score (nSPS) is 11.0. The van der Waals surface area contributed by atoms with E-state index in [1.807, 2.05) is 76.2 Å². The van der Waals surface area contributed by atoms with Crippen molar-refractivity contribution < 1.29 is 9.21 Å². The summed E-state index contributed by atoms with van der Waals surface area (Å²) in [5.74, 6) is 0.416. The highest BCUT2D eigenvalue weighted by atomic mass is 16.3. The van der Waals surface area contributed by atoms with E-state index in [9.17, 15) is 4.79 Å². The van der Waals surface area contributed by atoms with Gasteiger partial charge in [-0.1, -0.05) is 29.3 Å².